The number of ether oxygens (including phenoxy) is 1. The first kappa shape index (κ1) is 13.6. The van der Waals surface area contributed by atoms with Crippen LogP contribution < -0.4 is 10.1 Å². The Morgan fingerprint density at radius 1 is 1.58 bits per heavy atom. The van der Waals surface area contributed by atoms with Gasteiger partial charge >= 0.3 is 5.24 Å². The highest BCUT2D eigenvalue weighted by molar-refractivity contribution is 7.96. The van der Waals surface area contributed by atoms with Crippen LogP contribution in [-0.4, -0.2) is 21.6 Å². The van der Waals surface area contributed by atoms with Crippen LogP contribution in [0.25, 0.3) is 0 Å². The van der Waals surface area contributed by atoms with Gasteiger partial charge in [0.1, 0.15) is 0 Å². The van der Waals surface area contributed by atoms with E-state index in [1.807, 2.05) is 6.92 Å². The van der Waals surface area contributed by atoms with Gasteiger partial charge in [0.25, 0.3) is 0 Å². The Hall–Kier alpha value is -1.82. The van der Waals surface area contributed by atoms with Gasteiger partial charge in [-0.3, -0.25) is 4.79 Å². The molecule has 0 N–H and O–H groups in total. The number of hydrogen-bond donors (Lipinski definition) is 1. The molecule has 1 aromatic rings. The molecule has 0 saturated carbocycles. The van der Waals surface area contributed by atoms with Crippen LogP contribution in [-0.2, 0) is 0 Å². The molecule has 0 fully saturated rings. The van der Waals surface area contributed by atoms with Crippen LogP contribution in [0.5, 0.6) is 5.88 Å². The topological polar surface area (TPSA) is 56.5 Å². The molecule has 0 radical (unpaired) electrons. The number of allylic oxidation sites excluding steroid dienone is 4. The van der Waals surface area contributed by atoms with Crippen molar-refractivity contribution in [2.75, 3.05) is 6.61 Å². The monoisotopic (exact) mass is 277 g/mol. The summed E-state index contributed by atoms with van der Waals surface area (Å²) in [6.45, 7) is 2.41. The summed E-state index contributed by atoms with van der Waals surface area (Å²) in [5.74, 6) is 0.569. The second-order valence-corrected chi connectivity index (χ2v) is 4.29. The van der Waals surface area contributed by atoms with Crippen LogP contribution >= 0.6 is 12.6 Å². The summed E-state index contributed by atoms with van der Waals surface area (Å²) in [6, 6.07) is 1.71. The smallest absolute Gasteiger partial charge is 0.302 e. The fourth-order valence-corrected chi connectivity index (χ4v) is 1.92. The van der Waals surface area contributed by atoms with Crippen LogP contribution in [0, 0.1) is 0 Å². The summed E-state index contributed by atoms with van der Waals surface area (Å²) >= 11 is 3.62. The van der Waals surface area contributed by atoms with Gasteiger partial charge < -0.3 is 4.74 Å². The van der Waals surface area contributed by atoms with Crippen molar-refractivity contribution in [3.63, 3.8) is 0 Å². The van der Waals surface area contributed by atoms with E-state index in [2.05, 4.69) is 47.0 Å². The minimum atomic E-state index is -0.556. The number of rotatable bonds is 3. The summed E-state index contributed by atoms with van der Waals surface area (Å²) in [7, 11) is 0. The SMILES string of the molecule is CCOc1cc(=NC(=O)S)cnn1C1C=CCC=C1. The largest absolute Gasteiger partial charge is 0.478 e. The standard InChI is InChI=1S/C13H15N3O2S/c1-2-18-12-8-10(15-13(17)19)9-14-16(12)11-6-4-3-5-7-11/h4-9,11H,2-3H2,1H3,(H,17,19). The molecule has 0 unspecified atom stereocenters. The van der Waals surface area contributed by atoms with Gasteiger partial charge in [-0.2, -0.15) is 5.10 Å². The van der Waals surface area contributed by atoms with Gasteiger partial charge in [0.05, 0.1) is 24.2 Å². The van der Waals surface area contributed by atoms with Gasteiger partial charge in [0.15, 0.2) is 0 Å². The molecule has 2 rings (SSSR count). The number of hydrogen-bond acceptors (Lipinski definition) is 3. The number of aromatic nitrogens is 2. The fourth-order valence-electron chi connectivity index (χ4n) is 1.80. The summed E-state index contributed by atoms with van der Waals surface area (Å²) in [4.78, 5) is 14.6. The van der Waals surface area contributed by atoms with E-state index in [4.69, 9.17) is 4.74 Å². The van der Waals surface area contributed by atoms with Gasteiger partial charge in [0.2, 0.25) is 5.88 Å². The highest BCUT2D eigenvalue weighted by atomic mass is 32.1. The summed E-state index contributed by atoms with van der Waals surface area (Å²) in [5.41, 5.74) is 0. The summed E-state index contributed by atoms with van der Waals surface area (Å²) < 4.78 is 7.30. The van der Waals surface area contributed by atoms with Crippen LogP contribution in [0.4, 0.5) is 4.79 Å². The highest BCUT2D eigenvalue weighted by Gasteiger charge is 2.11. The van der Waals surface area contributed by atoms with Gasteiger partial charge in [-0.05, 0) is 13.3 Å². The van der Waals surface area contributed by atoms with E-state index >= 15 is 0 Å². The quantitative estimate of drug-likeness (QED) is 0.681. The molecule has 0 bridgehead atoms. The number of thiol groups is 1. The van der Waals surface area contributed by atoms with Crippen LogP contribution in [0.2, 0.25) is 0 Å². The zero-order valence-corrected chi connectivity index (χ0v) is 11.5. The van der Waals surface area contributed by atoms with E-state index in [1.54, 1.807) is 10.7 Å². The Balaban J connectivity index is 2.43. The van der Waals surface area contributed by atoms with Crippen molar-refractivity contribution in [1.29, 1.82) is 0 Å². The number of nitrogens with zero attached hydrogens (tertiary/aromatic N) is 3. The van der Waals surface area contributed by atoms with E-state index in [-0.39, 0.29) is 6.04 Å². The summed E-state index contributed by atoms with van der Waals surface area (Å²) in [5, 5.41) is 4.16. The Morgan fingerprint density at radius 3 is 2.95 bits per heavy atom. The first-order valence-corrected chi connectivity index (χ1v) is 6.48. The number of amides is 1. The second kappa shape index (κ2) is 6.38. The molecule has 19 heavy (non-hydrogen) atoms. The molecule has 0 atom stereocenters. The Morgan fingerprint density at radius 2 is 2.32 bits per heavy atom. The molecule has 100 valence electrons. The lowest BCUT2D eigenvalue weighted by Crippen LogP contribution is -2.18. The number of carbonyl (C=O) groups excluding carboxylic acids is 1. The van der Waals surface area contributed by atoms with Crippen LogP contribution in [0.1, 0.15) is 19.4 Å². The molecule has 1 heterocycles. The lowest BCUT2D eigenvalue weighted by Gasteiger charge is -2.18. The van der Waals surface area contributed by atoms with E-state index in [9.17, 15) is 4.79 Å². The van der Waals surface area contributed by atoms with Crippen molar-refractivity contribution in [2.45, 2.75) is 19.4 Å². The predicted molar refractivity (Wildman–Crippen MR) is 75.3 cm³/mol. The summed E-state index contributed by atoms with van der Waals surface area (Å²) in [6.07, 6.45) is 10.7. The molecule has 0 spiro atoms. The minimum absolute atomic E-state index is 0.0241. The number of carbonyl (C=O) groups is 1. The molecule has 1 aliphatic carbocycles. The normalized spacial score (nSPS) is 15.8. The molecule has 1 aliphatic rings. The first-order valence-electron chi connectivity index (χ1n) is 6.03. The van der Waals surface area contributed by atoms with Crippen molar-refractivity contribution in [2.24, 2.45) is 4.99 Å². The van der Waals surface area contributed by atoms with Crippen LogP contribution in [0.15, 0.2) is 41.6 Å². The average Bonchev–Trinajstić information content (AvgIpc) is 2.40. The van der Waals surface area contributed by atoms with Crippen molar-refractivity contribution >= 4 is 17.9 Å². The molecule has 0 saturated heterocycles. The van der Waals surface area contributed by atoms with Gasteiger partial charge in [-0.15, -0.1) is 0 Å². The van der Waals surface area contributed by atoms with Crippen molar-refractivity contribution in [1.82, 2.24) is 9.78 Å². The molecule has 0 aromatic carbocycles. The van der Waals surface area contributed by atoms with E-state index in [1.165, 1.54) is 6.20 Å². The van der Waals surface area contributed by atoms with E-state index in [0.29, 0.717) is 17.8 Å². The van der Waals surface area contributed by atoms with Gasteiger partial charge in [-0.25, -0.2) is 9.67 Å². The Bertz CT molecular complexity index is 578. The molecule has 5 nitrogen and oxygen atoms in total. The average molecular weight is 277 g/mol. The minimum Gasteiger partial charge on any atom is -0.478 e. The second-order valence-electron chi connectivity index (χ2n) is 3.91. The Kier molecular flexibility index (Phi) is 4.57. The zero-order chi connectivity index (χ0) is 13.7. The predicted octanol–water partition coefficient (Wildman–Crippen LogP) is 2.29. The first-order chi connectivity index (χ1) is 9.20. The molecular weight excluding hydrogens is 262 g/mol. The van der Waals surface area contributed by atoms with Gasteiger partial charge in [-0.1, -0.05) is 36.9 Å². The third kappa shape index (κ3) is 3.57. The molecule has 1 aromatic heterocycles. The maximum Gasteiger partial charge on any atom is 0.302 e. The van der Waals surface area contributed by atoms with E-state index < -0.39 is 5.24 Å². The maximum atomic E-state index is 10.9. The lowest BCUT2D eigenvalue weighted by molar-refractivity contribution is 0.267. The highest BCUT2D eigenvalue weighted by Crippen LogP contribution is 2.19. The van der Waals surface area contributed by atoms with Crippen molar-refractivity contribution in [3.05, 3.63) is 41.9 Å². The van der Waals surface area contributed by atoms with E-state index in [0.717, 1.165) is 6.42 Å². The van der Waals surface area contributed by atoms with Crippen molar-refractivity contribution < 1.29 is 9.53 Å². The molecular formula is C13H15N3O2S. The fraction of sp³-hybridized carbons (Fsp3) is 0.308. The third-order valence-electron chi connectivity index (χ3n) is 2.55. The van der Waals surface area contributed by atoms with Crippen LogP contribution in [0.3, 0.4) is 0 Å². The maximum absolute atomic E-state index is 10.9. The zero-order valence-electron chi connectivity index (χ0n) is 10.6. The Labute approximate surface area is 116 Å². The van der Waals surface area contributed by atoms with Gasteiger partial charge in [0, 0.05) is 6.07 Å². The molecule has 1 amide bonds. The lowest BCUT2D eigenvalue weighted by atomic mass is 10.1. The van der Waals surface area contributed by atoms with Crippen molar-refractivity contribution in [3.8, 4) is 5.88 Å². The molecule has 6 heteroatoms. The molecule has 0 aliphatic heterocycles. The third-order valence-corrected chi connectivity index (χ3v) is 2.65.